The van der Waals surface area contributed by atoms with Crippen molar-refractivity contribution in [2.45, 2.75) is 63.5 Å². The van der Waals surface area contributed by atoms with Gasteiger partial charge in [0.15, 0.2) is 0 Å². The van der Waals surface area contributed by atoms with E-state index in [0.29, 0.717) is 24.9 Å². The standard InChI is InChI=1S/C16H24N2O3/c1-21-16-8-2-12(3-9-16)10-14(11-17)13-4-6-15(7-5-13)18(19)20/h10,12-13,15-16H,2-9H2,1H3. The Balaban J connectivity index is 1.90. The quantitative estimate of drug-likeness (QED) is 0.451. The highest BCUT2D eigenvalue weighted by molar-refractivity contribution is 5.25. The van der Waals surface area contributed by atoms with Crippen molar-refractivity contribution in [1.29, 1.82) is 5.26 Å². The Kier molecular flexibility index (Phi) is 5.75. The van der Waals surface area contributed by atoms with Gasteiger partial charge in [0.25, 0.3) is 0 Å². The highest BCUT2D eigenvalue weighted by atomic mass is 16.6. The second-order valence-corrected chi connectivity index (χ2v) is 6.30. The molecule has 0 heterocycles. The Hall–Kier alpha value is -1.41. The number of nitrogens with zero attached hydrogens (tertiary/aromatic N) is 2. The summed E-state index contributed by atoms with van der Waals surface area (Å²) in [6.45, 7) is 0. The molecular formula is C16H24N2O3. The number of allylic oxidation sites excluding steroid dienone is 2. The number of nitro groups is 1. The van der Waals surface area contributed by atoms with Crippen LogP contribution >= 0.6 is 0 Å². The molecule has 2 fully saturated rings. The van der Waals surface area contributed by atoms with Gasteiger partial charge in [-0.1, -0.05) is 6.08 Å². The maximum absolute atomic E-state index is 10.8. The monoisotopic (exact) mass is 292 g/mol. The fourth-order valence-electron chi connectivity index (χ4n) is 3.61. The average Bonchev–Trinajstić information content (AvgIpc) is 2.53. The molecule has 5 nitrogen and oxygen atoms in total. The summed E-state index contributed by atoms with van der Waals surface area (Å²) in [6.07, 6.45) is 9.55. The Bertz CT molecular complexity index is 425. The summed E-state index contributed by atoms with van der Waals surface area (Å²) in [4.78, 5) is 10.6. The summed E-state index contributed by atoms with van der Waals surface area (Å²) < 4.78 is 5.37. The summed E-state index contributed by atoms with van der Waals surface area (Å²) in [5.74, 6) is 0.700. The number of nitriles is 1. The lowest BCUT2D eigenvalue weighted by Gasteiger charge is -2.28. The van der Waals surface area contributed by atoms with Crippen molar-refractivity contribution in [1.82, 2.24) is 0 Å². The number of ether oxygens (including phenoxy) is 1. The van der Waals surface area contributed by atoms with Gasteiger partial charge in [-0.3, -0.25) is 10.1 Å². The van der Waals surface area contributed by atoms with E-state index in [-0.39, 0.29) is 10.8 Å². The fraction of sp³-hybridized carbons (Fsp3) is 0.812. The summed E-state index contributed by atoms with van der Waals surface area (Å²) >= 11 is 0. The molecule has 116 valence electrons. The van der Waals surface area contributed by atoms with Crippen molar-refractivity contribution in [3.8, 4) is 6.07 Å². The van der Waals surface area contributed by atoms with E-state index in [4.69, 9.17) is 4.74 Å². The van der Waals surface area contributed by atoms with E-state index < -0.39 is 6.04 Å². The predicted octanol–water partition coefficient (Wildman–Crippen LogP) is 3.48. The smallest absolute Gasteiger partial charge is 0.213 e. The molecule has 2 saturated carbocycles. The summed E-state index contributed by atoms with van der Waals surface area (Å²) in [5.41, 5.74) is 0.859. The van der Waals surface area contributed by atoms with E-state index in [9.17, 15) is 15.4 Å². The van der Waals surface area contributed by atoms with Crippen LogP contribution in [0, 0.1) is 33.3 Å². The molecule has 0 saturated heterocycles. The van der Waals surface area contributed by atoms with Gasteiger partial charge in [0.05, 0.1) is 12.2 Å². The molecule has 2 aliphatic rings. The van der Waals surface area contributed by atoms with Crippen LogP contribution in [0.1, 0.15) is 51.4 Å². The number of methoxy groups -OCH3 is 1. The van der Waals surface area contributed by atoms with Crippen molar-refractivity contribution in [3.63, 3.8) is 0 Å². The molecule has 0 unspecified atom stereocenters. The van der Waals surface area contributed by atoms with Gasteiger partial charge in [-0.2, -0.15) is 5.26 Å². The van der Waals surface area contributed by atoms with Crippen LogP contribution in [0.25, 0.3) is 0 Å². The highest BCUT2D eigenvalue weighted by Gasteiger charge is 2.30. The van der Waals surface area contributed by atoms with Crippen LogP contribution in [-0.2, 0) is 4.74 Å². The van der Waals surface area contributed by atoms with Crippen molar-refractivity contribution in [3.05, 3.63) is 21.8 Å². The van der Waals surface area contributed by atoms with Gasteiger partial charge in [-0.25, -0.2) is 0 Å². The molecule has 0 spiro atoms. The van der Waals surface area contributed by atoms with Crippen LogP contribution in [0.5, 0.6) is 0 Å². The molecule has 5 heteroatoms. The van der Waals surface area contributed by atoms with Gasteiger partial charge in [-0.15, -0.1) is 0 Å². The average molecular weight is 292 g/mol. The number of hydrogen-bond acceptors (Lipinski definition) is 4. The summed E-state index contributed by atoms with van der Waals surface area (Å²) in [6, 6.07) is 1.94. The number of hydrogen-bond donors (Lipinski definition) is 0. The van der Waals surface area contributed by atoms with Crippen LogP contribution in [0.15, 0.2) is 11.6 Å². The molecule has 0 N–H and O–H groups in total. The third kappa shape index (κ3) is 4.28. The zero-order valence-corrected chi connectivity index (χ0v) is 12.7. The molecule has 0 radical (unpaired) electrons. The third-order valence-electron chi connectivity index (χ3n) is 5.03. The summed E-state index contributed by atoms with van der Waals surface area (Å²) in [5, 5.41) is 20.2. The normalized spacial score (nSPS) is 34.2. The minimum atomic E-state index is -0.404. The lowest BCUT2D eigenvalue weighted by atomic mass is 9.79. The van der Waals surface area contributed by atoms with Gasteiger partial charge >= 0.3 is 0 Å². The van der Waals surface area contributed by atoms with Crippen LogP contribution in [0.2, 0.25) is 0 Å². The van der Waals surface area contributed by atoms with E-state index in [1.54, 1.807) is 7.11 Å². The van der Waals surface area contributed by atoms with Crippen LogP contribution in [-0.4, -0.2) is 24.2 Å². The molecule has 0 aromatic carbocycles. The van der Waals surface area contributed by atoms with E-state index in [2.05, 4.69) is 12.1 Å². The molecule has 0 bridgehead atoms. The summed E-state index contributed by atoms with van der Waals surface area (Å²) in [7, 11) is 1.76. The van der Waals surface area contributed by atoms with Gasteiger partial charge in [-0.05, 0) is 50.4 Å². The van der Waals surface area contributed by atoms with E-state index in [1.807, 2.05) is 0 Å². The fourth-order valence-corrected chi connectivity index (χ4v) is 3.61. The minimum Gasteiger partial charge on any atom is -0.381 e. The van der Waals surface area contributed by atoms with Crippen LogP contribution in [0.3, 0.4) is 0 Å². The third-order valence-corrected chi connectivity index (χ3v) is 5.03. The topological polar surface area (TPSA) is 76.2 Å². The van der Waals surface area contributed by atoms with Crippen LogP contribution in [0.4, 0.5) is 0 Å². The Labute approximate surface area is 126 Å². The van der Waals surface area contributed by atoms with Gasteiger partial charge < -0.3 is 4.74 Å². The van der Waals surface area contributed by atoms with Crippen molar-refractivity contribution < 1.29 is 9.66 Å². The lowest BCUT2D eigenvalue weighted by Crippen LogP contribution is -2.27. The molecule has 0 amide bonds. The first-order chi connectivity index (χ1) is 10.1. The zero-order chi connectivity index (χ0) is 15.2. The second-order valence-electron chi connectivity index (χ2n) is 6.30. The minimum absolute atomic E-state index is 0.169. The highest BCUT2D eigenvalue weighted by Crippen LogP contribution is 2.34. The van der Waals surface area contributed by atoms with E-state index in [1.165, 1.54) is 0 Å². The van der Waals surface area contributed by atoms with Crippen molar-refractivity contribution >= 4 is 0 Å². The first-order valence-corrected chi connectivity index (χ1v) is 7.92. The predicted molar refractivity (Wildman–Crippen MR) is 79.2 cm³/mol. The SMILES string of the molecule is COC1CCC(C=C(C#N)C2CCC([N+](=O)[O-])CC2)CC1. The molecule has 0 aromatic rings. The Morgan fingerprint density at radius 3 is 2.29 bits per heavy atom. The Morgan fingerprint density at radius 1 is 1.19 bits per heavy atom. The molecular weight excluding hydrogens is 268 g/mol. The lowest BCUT2D eigenvalue weighted by molar-refractivity contribution is -0.526. The van der Waals surface area contributed by atoms with Gasteiger partial charge in [0.2, 0.25) is 6.04 Å². The molecule has 0 aliphatic heterocycles. The maximum Gasteiger partial charge on any atom is 0.213 e. The zero-order valence-electron chi connectivity index (χ0n) is 12.7. The molecule has 2 rings (SSSR count). The largest absolute Gasteiger partial charge is 0.381 e. The molecule has 0 atom stereocenters. The number of rotatable bonds is 4. The molecule has 21 heavy (non-hydrogen) atoms. The van der Waals surface area contributed by atoms with E-state index in [0.717, 1.165) is 44.1 Å². The maximum atomic E-state index is 10.8. The second kappa shape index (κ2) is 7.56. The van der Waals surface area contributed by atoms with Crippen LogP contribution < -0.4 is 0 Å². The molecule has 0 aromatic heterocycles. The first-order valence-electron chi connectivity index (χ1n) is 7.92. The van der Waals surface area contributed by atoms with Crippen molar-refractivity contribution in [2.75, 3.05) is 7.11 Å². The molecule has 2 aliphatic carbocycles. The van der Waals surface area contributed by atoms with E-state index >= 15 is 0 Å². The Morgan fingerprint density at radius 2 is 1.81 bits per heavy atom. The first kappa shape index (κ1) is 16.0. The van der Waals surface area contributed by atoms with Crippen molar-refractivity contribution in [2.24, 2.45) is 11.8 Å². The van der Waals surface area contributed by atoms with Gasteiger partial charge in [0.1, 0.15) is 0 Å². The van der Waals surface area contributed by atoms with Gasteiger partial charge in [0, 0.05) is 30.4 Å².